The summed E-state index contributed by atoms with van der Waals surface area (Å²) < 4.78 is 35.8. The van der Waals surface area contributed by atoms with Gasteiger partial charge in [-0.05, 0) is 12.8 Å². The summed E-state index contributed by atoms with van der Waals surface area (Å²) >= 11 is 0. The van der Waals surface area contributed by atoms with Crippen molar-refractivity contribution < 1.29 is 18.1 Å². The first-order chi connectivity index (χ1) is 8.87. The first-order valence-corrected chi connectivity index (χ1v) is 8.00. The molecule has 1 heterocycles. The largest absolute Gasteiger partial charge is 0.383 e. The van der Waals surface area contributed by atoms with Gasteiger partial charge in [-0.3, -0.25) is 4.79 Å². The van der Waals surface area contributed by atoms with Gasteiger partial charge in [0.1, 0.15) is 5.67 Å². The van der Waals surface area contributed by atoms with Crippen molar-refractivity contribution in [1.29, 1.82) is 0 Å². The number of hydrogen-bond donors (Lipinski definition) is 1. The molecular weight excluding hydrogens is 271 g/mol. The summed E-state index contributed by atoms with van der Waals surface area (Å²) in [4.78, 5) is 11.4. The maximum atomic E-state index is 14.6. The lowest BCUT2D eigenvalue weighted by Gasteiger charge is -2.32. The van der Waals surface area contributed by atoms with E-state index in [4.69, 9.17) is 4.74 Å². The Morgan fingerprint density at radius 2 is 2.11 bits per heavy atom. The molecule has 0 radical (unpaired) electrons. The number of amides is 1. The minimum Gasteiger partial charge on any atom is -0.383 e. The van der Waals surface area contributed by atoms with Gasteiger partial charge in [0, 0.05) is 41.0 Å². The van der Waals surface area contributed by atoms with Crippen LogP contribution in [-0.2, 0) is 19.3 Å². The molecule has 5 nitrogen and oxygen atoms in total. The Morgan fingerprint density at radius 1 is 1.53 bits per heavy atom. The number of ether oxygens (including phenoxy) is 1. The number of nitrogens with zero attached hydrogens (tertiary/aromatic N) is 1. The molecule has 19 heavy (non-hydrogen) atoms. The van der Waals surface area contributed by atoms with E-state index in [1.807, 2.05) is 0 Å². The van der Waals surface area contributed by atoms with Crippen LogP contribution in [0.5, 0.6) is 0 Å². The van der Waals surface area contributed by atoms with Gasteiger partial charge >= 0.3 is 0 Å². The number of carbonyl (C=O) groups is 1. The predicted molar refractivity (Wildman–Crippen MR) is 73.3 cm³/mol. The van der Waals surface area contributed by atoms with Crippen molar-refractivity contribution in [1.82, 2.24) is 5.32 Å². The molecule has 110 valence electrons. The minimum absolute atomic E-state index is 0.0224. The lowest BCUT2D eigenvalue weighted by molar-refractivity contribution is -0.118. The number of hydrogen-bond acceptors (Lipinski definition) is 4. The summed E-state index contributed by atoms with van der Waals surface area (Å²) in [5.74, 6) is -0.195. The number of likely N-dealkylation sites (N-methyl/N-ethyl adjacent to an activating group) is 1. The molecule has 0 saturated carbocycles. The molecule has 0 aliphatic carbocycles. The van der Waals surface area contributed by atoms with Gasteiger partial charge in [0.25, 0.3) is 0 Å². The van der Waals surface area contributed by atoms with Crippen LogP contribution in [0.3, 0.4) is 0 Å². The maximum Gasteiger partial charge on any atom is 0.249 e. The highest BCUT2D eigenvalue weighted by molar-refractivity contribution is 7.93. The van der Waals surface area contributed by atoms with E-state index in [-0.39, 0.29) is 29.9 Å². The van der Waals surface area contributed by atoms with Gasteiger partial charge in [0.15, 0.2) is 0 Å². The molecule has 0 aromatic heterocycles. The Kier molecular flexibility index (Phi) is 5.49. The second kappa shape index (κ2) is 6.47. The maximum absolute atomic E-state index is 14.6. The van der Waals surface area contributed by atoms with Crippen LogP contribution in [0.4, 0.5) is 4.39 Å². The summed E-state index contributed by atoms with van der Waals surface area (Å²) in [6.07, 6.45) is 0.0448. The molecule has 0 atom stereocenters. The van der Waals surface area contributed by atoms with Crippen LogP contribution in [0.25, 0.3) is 0 Å². The number of rotatable bonds is 5. The monoisotopic (exact) mass is 292 g/mol. The molecular formula is C12H21FN2O3S. The number of alkyl halides is 1. The van der Waals surface area contributed by atoms with Crippen LogP contribution in [0.2, 0.25) is 0 Å². The number of nitrogens with one attached hydrogen (secondary N) is 1. The van der Waals surface area contributed by atoms with Crippen molar-refractivity contribution in [3.05, 3.63) is 12.2 Å². The van der Waals surface area contributed by atoms with Crippen LogP contribution < -0.4 is 5.32 Å². The van der Waals surface area contributed by atoms with Crippen molar-refractivity contribution in [2.24, 2.45) is 4.36 Å². The molecule has 0 unspecified atom stereocenters. The summed E-state index contributed by atoms with van der Waals surface area (Å²) in [5.41, 5.74) is -1.86. The highest BCUT2D eigenvalue weighted by atomic mass is 32.2. The van der Waals surface area contributed by atoms with Crippen LogP contribution >= 0.6 is 0 Å². The summed E-state index contributed by atoms with van der Waals surface area (Å²) in [7, 11) is 0.611. The second-order valence-electron chi connectivity index (χ2n) is 4.55. The fourth-order valence-corrected chi connectivity index (χ4v) is 4.10. The third-order valence-corrected chi connectivity index (χ3v) is 5.64. The van der Waals surface area contributed by atoms with Crippen molar-refractivity contribution in [3.63, 3.8) is 0 Å². The Bertz CT molecular complexity index is 456. The Labute approximate surface area is 113 Å². The third-order valence-electron chi connectivity index (χ3n) is 3.30. The highest BCUT2D eigenvalue weighted by Gasteiger charge is 2.41. The molecule has 1 fully saturated rings. The average Bonchev–Trinajstić information content (AvgIpc) is 2.41. The molecule has 7 heteroatoms. The van der Waals surface area contributed by atoms with E-state index in [0.29, 0.717) is 13.2 Å². The van der Waals surface area contributed by atoms with Gasteiger partial charge in [-0.25, -0.2) is 13.0 Å². The number of halogens is 1. The zero-order chi connectivity index (χ0) is 14.5. The first-order valence-electron chi connectivity index (χ1n) is 6.14. The van der Waals surface area contributed by atoms with Crippen LogP contribution in [0.15, 0.2) is 16.5 Å². The average molecular weight is 292 g/mol. The van der Waals surface area contributed by atoms with Gasteiger partial charge in [0.2, 0.25) is 5.91 Å². The van der Waals surface area contributed by atoms with E-state index >= 15 is 0 Å². The third kappa shape index (κ3) is 4.01. The minimum atomic E-state index is -2.37. The fourth-order valence-electron chi connectivity index (χ4n) is 1.95. The molecule has 0 bridgehead atoms. The normalized spacial score (nSPS) is 30.7. The lowest BCUT2D eigenvalue weighted by Crippen LogP contribution is -2.41. The first kappa shape index (κ1) is 16.1. The zero-order valence-electron chi connectivity index (χ0n) is 11.4. The molecule has 1 aliphatic heterocycles. The smallest absolute Gasteiger partial charge is 0.249 e. The molecule has 0 aromatic rings. The SMILES string of the molecule is C=C(C(=O)NC)C1(F)CCS(=O)(=NCCOC)CC1. The summed E-state index contributed by atoms with van der Waals surface area (Å²) in [5, 5.41) is 2.36. The molecule has 1 rings (SSSR count). The van der Waals surface area contributed by atoms with E-state index < -0.39 is 21.3 Å². The standard InChI is InChI=1S/C12H21FN2O3S/c1-10(11(16)14-2)12(13)4-8-19(17,9-5-12)15-6-7-18-3/h1,4-9H2,2-3H3,(H,14,16). The Hall–Kier alpha value is -0.950. The van der Waals surface area contributed by atoms with E-state index in [1.165, 1.54) is 7.05 Å². The van der Waals surface area contributed by atoms with Gasteiger partial charge in [-0.15, -0.1) is 0 Å². The Balaban J connectivity index is 2.71. The highest BCUT2D eigenvalue weighted by Crippen LogP contribution is 2.34. The van der Waals surface area contributed by atoms with Gasteiger partial charge in [-0.2, -0.15) is 0 Å². The zero-order valence-corrected chi connectivity index (χ0v) is 12.2. The van der Waals surface area contributed by atoms with Gasteiger partial charge < -0.3 is 10.1 Å². The molecule has 1 N–H and O–H groups in total. The van der Waals surface area contributed by atoms with Crippen molar-refractivity contribution in [3.8, 4) is 0 Å². The number of methoxy groups -OCH3 is 1. The lowest BCUT2D eigenvalue weighted by atomic mass is 9.90. The molecule has 1 aliphatic rings. The van der Waals surface area contributed by atoms with Gasteiger partial charge in [-0.1, -0.05) is 6.58 Å². The van der Waals surface area contributed by atoms with Gasteiger partial charge in [0.05, 0.1) is 13.2 Å². The fraction of sp³-hybridized carbons (Fsp3) is 0.750. The second-order valence-corrected chi connectivity index (χ2v) is 7.17. The van der Waals surface area contributed by atoms with E-state index in [9.17, 15) is 13.4 Å². The molecule has 1 saturated heterocycles. The predicted octanol–water partition coefficient (Wildman–Crippen LogP) is 0.905. The van der Waals surface area contributed by atoms with E-state index in [2.05, 4.69) is 16.3 Å². The van der Waals surface area contributed by atoms with Crippen molar-refractivity contribution in [2.75, 3.05) is 38.8 Å². The summed E-state index contributed by atoms with van der Waals surface area (Å²) in [6.45, 7) is 4.27. The van der Waals surface area contributed by atoms with Crippen molar-refractivity contribution in [2.45, 2.75) is 18.5 Å². The topological polar surface area (TPSA) is 67.8 Å². The molecule has 0 aromatic carbocycles. The molecule has 0 spiro atoms. The number of carbonyl (C=O) groups excluding carboxylic acids is 1. The quantitative estimate of drug-likeness (QED) is 0.605. The molecule has 1 amide bonds. The Morgan fingerprint density at radius 3 is 2.58 bits per heavy atom. The van der Waals surface area contributed by atoms with Crippen molar-refractivity contribution >= 4 is 15.6 Å². The van der Waals surface area contributed by atoms with E-state index in [0.717, 1.165) is 0 Å². The van der Waals surface area contributed by atoms with Crippen LogP contribution in [-0.4, -0.2) is 54.6 Å². The summed E-state index contributed by atoms with van der Waals surface area (Å²) in [6, 6.07) is 0. The van der Waals surface area contributed by atoms with E-state index in [1.54, 1.807) is 7.11 Å². The van der Waals surface area contributed by atoms with Crippen LogP contribution in [0.1, 0.15) is 12.8 Å². The van der Waals surface area contributed by atoms with Crippen LogP contribution in [0, 0.1) is 0 Å².